The molecule has 2 atom stereocenters. The molecular formula is C19H26N4O3. The lowest BCUT2D eigenvalue weighted by Crippen LogP contribution is -2.49. The second-order valence-corrected chi connectivity index (χ2v) is 6.69. The number of carbonyl (C=O) groups excluding carboxylic acids is 1. The Morgan fingerprint density at radius 1 is 1.42 bits per heavy atom. The van der Waals surface area contributed by atoms with Crippen LogP contribution in [0.5, 0.6) is 0 Å². The predicted octanol–water partition coefficient (Wildman–Crippen LogP) is 1.20. The van der Waals surface area contributed by atoms with Crippen molar-refractivity contribution in [2.24, 2.45) is 0 Å². The van der Waals surface area contributed by atoms with Gasteiger partial charge >= 0.3 is 0 Å². The first kappa shape index (κ1) is 18.4. The van der Waals surface area contributed by atoms with Crippen LogP contribution >= 0.6 is 0 Å². The SMILES string of the molecule is C=CC[C@@H]1CC=C[C@@H](C)N1C(=O)Cn1ncc(N2CCOCC2)cc1=O. The number of aromatic nitrogens is 2. The van der Waals surface area contributed by atoms with Crippen molar-refractivity contribution in [3.05, 3.63) is 47.4 Å². The summed E-state index contributed by atoms with van der Waals surface area (Å²) >= 11 is 0. The van der Waals surface area contributed by atoms with Crippen molar-refractivity contribution in [1.82, 2.24) is 14.7 Å². The topological polar surface area (TPSA) is 67.7 Å². The molecule has 0 aliphatic carbocycles. The molecule has 7 nitrogen and oxygen atoms in total. The van der Waals surface area contributed by atoms with Gasteiger partial charge in [-0.15, -0.1) is 6.58 Å². The van der Waals surface area contributed by atoms with Crippen LogP contribution in [0.2, 0.25) is 0 Å². The highest BCUT2D eigenvalue weighted by atomic mass is 16.5. The highest BCUT2D eigenvalue weighted by Gasteiger charge is 2.28. The Hall–Kier alpha value is -2.41. The fourth-order valence-electron chi connectivity index (χ4n) is 3.55. The molecule has 0 bridgehead atoms. The quantitative estimate of drug-likeness (QED) is 0.740. The number of hydrogen-bond acceptors (Lipinski definition) is 5. The largest absolute Gasteiger partial charge is 0.378 e. The molecule has 2 aliphatic rings. The molecule has 0 N–H and O–H groups in total. The van der Waals surface area contributed by atoms with Crippen LogP contribution in [0.3, 0.4) is 0 Å². The molecule has 1 saturated heterocycles. The molecule has 1 amide bonds. The maximum Gasteiger partial charge on any atom is 0.269 e. The van der Waals surface area contributed by atoms with Gasteiger partial charge in [-0.2, -0.15) is 5.10 Å². The van der Waals surface area contributed by atoms with Crippen molar-refractivity contribution in [3.8, 4) is 0 Å². The van der Waals surface area contributed by atoms with Gasteiger partial charge in [0.25, 0.3) is 5.56 Å². The summed E-state index contributed by atoms with van der Waals surface area (Å²) in [7, 11) is 0. The Labute approximate surface area is 153 Å². The fraction of sp³-hybridized carbons (Fsp3) is 0.526. The summed E-state index contributed by atoms with van der Waals surface area (Å²) in [5.74, 6) is -0.0950. The normalized spacial score (nSPS) is 23.1. The maximum absolute atomic E-state index is 12.8. The van der Waals surface area contributed by atoms with E-state index in [9.17, 15) is 9.59 Å². The van der Waals surface area contributed by atoms with Gasteiger partial charge in [-0.1, -0.05) is 18.2 Å². The highest BCUT2D eigenvalue weighted by molar-refractivity contribution is 5.77. The first-order valence-electron chi connectivity index (χ1n) is 9.08. The van der Waals surface area contributed by atoms with E-state index >= 15 is 0 Å². The highest BCUT2D eigenvalue weighted by Crippen LogP contribution is 2.20. The fourth-order valence-corrected chi connectivity index (χ4v) is 3.55. The van der Waals surface area contributed by atoms with Crippen molar-refractivity contribution in [2.75, 3.05) is 31.2 Å². The minimum absolute atomic E-state index is 0.00419. The van der Waals surface area contributed by atoms with E-state index in [1.54, 1.807) is 12.3 Å². The van der Waals surface area contributed by atoms with Gasteiger partial charge in [-0.3, -0.25) is 9.59 Å². The van der Waals surface area contributed by atoms with E-state index in [0.29, 0.717) is 13.2 Å². The number of amides is 1. The molecule has 2 aliphatic heterocycles. The van der Waals surface area contributed by atoms with E-state index in [0.717, 1.165) is 31.6 Å². The van der Waals surface area contributed by atoms with Gasteiger partial charge in [-0.05, 0) is 19.8 Å². The van der Waals surface area contributed by atoms with Gasteiger partial charge in [0.15, 0.2) is 0 Å². The smallest absolute Gasteiger partial charge is 0.269 e. The summed E-state index contributed by atoms with van der Waals surface area (Å²) in [4.78, 5) is 29.2. The van der Waals surface area contributed by atoms with Crippen LogP contribution in [0.15, 0.2) is 41.9 Å². The zero-order valence-electron chi connectivity index (χ0n) is 15.2. The Bertz CT molecular complexity index is 737. The molecule has 0 spiro atoms. The lowest BCUT2D eigenvalue weighted by Gasteiger charge is -2.37. The molecule has 0 saturated carbocycles. The summed E-state index contributed by atoms with van der Waals surface area (Å²) in [6.45, 7) is 8.50. The average Bonchev–Trinajstić information content (AvgIpc) is 2.64. The van der Waals surface area contributed by atoms with Crippen molar-refractivity contribution < 1.29 is 9.53 Å². The minimum Gasteiger partial charge on any atom is -0.378 e. The predicted molar refractivity (Wildman–Crippen MR) is 100 cm³/mol. The standard InChI is InChI=1S/C19H26N4O3/c1-3-5-16-7-4-6-15(2)23(16)19(25)14-22-18(24)12-17(13-20-22)21-8-10-26-11-9-21/h3-4,6,12-13,15-16H,1,5,7-11,14H2,2H3/t15-,16-/m1/s1. The summed E-state index contributed by atoms with van der Waals surface area (Å²) in [5, 5.41) is 4.22. The molecular weight excluding hydrogens is 332 g/mol. The molecule has 3 heterocycles. The zero-order chi connectivity index (χ0) is 18.5. The van der Waals surface area contributed by atoms with Crippen LogP contribution in [0.25, 0.3) is 0 Å². The van der Waals surface area contributed by atoms with Crippen LogP contribution in [-0.2, 0) is 16.1 Å². The van der Waals surface area contributed by atoms with Gasteiger partial charge in [0, 0.05) is 31.2 Å². The van der Waals surface area contributed by atoms with Gasteiger partial charge in [0.05, 0.1) is 25.1 Å². The van der Waals surface area contributed by atoms with Crippen molar-refractivity contribution >= 4 is 11.6 Å². The number of rotatable bonds is 5. The van der Waals surface area contributed by atoms with E-state index in [2.05, 4.69) is 22.7 Å². The number of anilines is 1. The van der Waals surface area contributed by atoms with Gasteiger partial charge in [-0.25, -0.2) is 4.68 Å². The molecule has 0 radical (unpaired) electrons. The molecule has 140 valence electrons. The third-order valence-corrected chi connectivity index (χ3v) is 4.90. The zero-order valence-corrected chi connectivity index (χ0v) is 15.2. The lowest BCUT2D eigenvalue weighted by molar-refractivity contribution is -0.136. The van der Waals surface area contributed by atoms with Crippen molar-refractivity contribution in [1.29, 1.82) is 0 Å². The molecule has 26 heavy (non-hydrogen) atoms. The molecule has 0 unspecified atom stereocenters. The average molecular weight is 358 g/mol. The number of ether oxygens (including phenoxy) is 1. The van der Waals surface area contributed by atoms with E-state index in [4.69, 9.17) is 4.74 Å². The van der Waals surface area contributed by atoms with Gasteiger partial charge in [0.2, 0.25) is 5.91 Å². The van der Waals surface area contributed by atoms with Crippen molar-refractivity contribution in [2.45, 2.75) is 38.4 Å². The summed E-state index contributed by atoms with van der Waals surface area (Å²) in [6.07, 6.45) is 9.15. The summed E-state index contributed by atoms with van der Waals surface area (Å²) in [5.41, 5.74) is 0.517. The number of carbonyl (C=O) groups is 1. The first-order valence-corrected chi connectivity index (χ1v) is 9.08. The molecule has 0 aromatic carbocycles. The number of nitrogens with zero attached hydrogens (tertiary/aromatic N) is 4. The van der Waals surface area contributed by atoms with Crippen LogP contribution in [0.1, 0.15) is 19.8 Å². The van der Waals surface area contributed by atoms with Crippen LogP contribution < -0.4 is 10.5 Å². The monoisotopic (exact) mass is 358 g/mol. The van der Waals surface area contributed by atoms with Crippen LogP contribution in [0, 0.1) is 0 Å². The molecule has 1 fully saturated rings. The van der Waals surface area contributed by atoms with E-state index in [1.165, 1.54) is 4.68 Å². The Morgan fingerprint density at radius 3 is 2.88 bits per heavy atom. The van der Waals surface area contributed by atoms with E-state index < -0.39 is 0 Å². The number of morpholine rings is 1. The maximum atomic E-state index is 12.8. The van der Waals surface area contributed by atoms with E-state index in [1.807, 2.05) is 24.0 Å². The second kappa shape index (κ2) is 8.31. The first-order chi connectivity index (χ1) is 12.6. The molecule has 1 aromatic rings. The lowest BCUT2D eigenvalue weighted by atomic mass is 10.0. The summed E-state index contributed by atoms with van der Waals surface area (Å²) < 4.78 is 6.57. The summed E-state index contributed by atoms with van der Waals surface area (Å²) in [6, 6.07) is 1.64. The Morgan fingerprint density at radius 2 is 2.19 bits per heavy atom. The van der Waals surface area contributed by atoms with Gasteiger partial charge in [0.1, 0.15) is 6.54 Å². The number of hydrogen-bond donors (Lipinski definition) is 0. The minimum atomic E-state index is -0.261. The third-order valence-electron chi connectivity index (χ3n) is 4.90. The second-order valence-electron chi connectivity index (χ2n) is 6.69. The Kier molecular flexibility index (Phi) is 5.88. The van der Waals surface area contributed by atoms with E-state index in [-0.39, 0.29) is 30.1 Å². The molecule has 1 aromatic heterocycles. The Balaban J connectivity index is 1.73. The molecule has 3 rings (SSSR count). The van der Waals surface area contributed by atoms with Gasteiger partial charge < -0.3 is 14.5 Å². The molecule has 7 heteroatoms. The van der Waals surface area contributed by atoms with Crippen LogP contribution in [-0.4, -0.2) is 59.0 Å². The third kappa shape index (κ3) is 4.04. The van der Waals surface area contributed by atoms with Crippen LogP contribution in [0.4, 0.5) is 5.69 Å². The van der Waals surface area contributed by atoms with Crippen molar-refractivity contribution in [3.63, 3.8) is 0 Å².